The molecule has 0 fully saturated rings. The normalized spacial score (nSPS) is 19.5. The van der Waals surface area contributed by atoms with Crippen molar-refractivity contribution in [3.8, 4) is 5.75 Å². The van der Waals surface area contributed by atoms with Crippen molar-refractivity contribution in [3.63, 3.8) is 0 Å². The van der Waals surface area contributed by atoms with Crippen molar-refractivity contribution in [1.82, 2.24) is 5.32 Å². The molecule has 2 rings (SSSR count). The number of amides is 1. The predicted octanol–water partition coefficient (Wildman–Crippen LogP) is 2.10. The van der Waals surface area contributed by atoms with Gasteiger partial charge in [0.25, 0.3) is 5.91 Å². The third-order valence-electron chi connectivity index (χ3n) is 2.51. The molecule has 1 aliphatic heterocycles. The van der Waals surface area contributed by atoms with Crippen LogP contribution < -0.4 is 10.1 Å². The second-order valence-corrected chi connectivity index (χ2v) is 4.26. The molecule has 1 aromatic rings. The minimum Gasteiger partial charge on any atom is -0.470 e. The SMILES string of the molecule is Cc1ccc2c(c1)C(=O)N[C@@H](C(C)C)O2. The van der Waals surface area contributed by atoms with Crippen molar-refractivity contribution in [2.45, 2.75) is 27.0 Å². The summed E-state index contributed by atoms with van der Waals surface area (Å²) < 4.78 is 5.69. The van der Waals surface area contributed by atoms with Crippen LogP contribution in [0.25, 0.3) is 0 Å². The van der Waals surface area contributed by atoms with E-state index in [1.807, 2.05) is 39.0 Å². The van der Waals surface area contributed by atoms with Crippen molar-refractivity contribution in [2.24, 2.45) is 5.92 Å². The Morgan fingerprint density at radius 2 is 2.13 bits per heavy atom. The van der Waals surface area contributed by atoms with Gasteiger partial charge in [0, 0.05) is 5.92 Å². The van der Waals surface area contributed by atoms with E-state index in [0.717, 1.165) is 5.56 Å². The Balaban J connectivity index is 2.37. The van der Waals surface area contributed by atoms with E-state index in [-0.39, 0.29) is 18.1 Å². The molecule has 15 heavy (non-hydrogen) atoms. The van der Waals surface area contributed by atoms with E-state index in [0.29, 0.717) is 11.3 Å². The molecule has 3 heteroatoms. The number of carbonyl (C=O) groups is 1. The smallest absolute Gasteiger partial charge is 0.257 e. The molecular weight excluding hydrogens is 190 g/mol. The van der Waals surface area contributed by atoms with Gasteiger partial charge in [-0.05, 0) is 19.1 Å². The zero-order valence-corrected chi connectivity index (χ0v) is 9.20. The summed E-state index contributed by atoms with van der Waals surface area (Å²) in [7, 11) is 0. The Kier molecular flexibility index (Phi) is 2.39. The van der Waals surface area contributed by atoms with Gasteiger partial charge in [0.2, 0.25) is 0 Å². The molecule has 0 radical (unpaired) electrons. The maximum atomic E-state index is 11.8. The molecule has 1 amide bonds. The Morgan fingerprint density at radius 3 is 2.80 bits per heavy atom. The predicted molar refractivity (Wildman–Crippen MR) is 57.9 cm³/mol. The fourth-order valence-electron chi connectivity index (χ4n) is 1.60. The van der Waals surface area contributed by atoms with Crippen LogP contribution in [-0.2, 0) is 0 Å². The summed E-state index contributed by atoms with van der Waals surface area (Å²) >= 11 is 0. The van der Waals surface area contributed by atoms with Gasteiger partial charge >= 0.3 is 0 Å². The number of ether oxygens (including phenoxy) is 1. The quantitative estimate of drug-likeness (QED) is 0.762. The zero-order valence-electron chi connectivity index (χ0n) is 9.20. The summed E-state index contributed by atoms with van der Waals surface area (Å²) in [5.74, 6) is 0.908. The summed E-state index contributed by atoms with van der Waals surface area (Å²) in [4.78, 5) is 11.8. The van der Waals surface area contributed by atoms with E-state index in [1.165, 1.54) is 0 Å². The van der Waals surface area contributed by atoms with Gasteiger partial charge in [0.1, 0.15) is 5.75 Å². The van der Waals surface area contributed by atoms with Crippen LogP contribution in [0.2, 0.25) is 0 Å². The van der Waals surface area contributed by atoms with Gasteiger partial charge in [-0.15, -0.1) is 0 Å². The highest BCUT2D eigenvalue weighted by atomic mass is 16.5. The molecule has 1 atom stereocenters. The number of hydrogen-bond acceptors (Lipinski definition) is 2. The number of aryl methyl sites for hydroxylation is 1. The highest BCUT2D eigenvalue weighted by Gasteiger charge is 2.27. The lowest BCUT2D eigenvalue weighted by molar-refractivity contribution is 0.0643. The standard InChI is InChI=1S/C12H15NO2/c1-7(2)12-13-11(14)9-6-8(3)4-5-10(9)15-12/h4-7,12H,1-3H3,(H,13,14)/t12-/m1/s1. The number of nitrogens with one attached hydrogen (secondary N) is 1. The number of rotatable bonds is 1. The van der Waals surface area contributed by atoms with E-state index in [2.05, 4.69) is 5.32 Å². The first-order valence-corrected chi connectivity index (χ1v) is 5.16. The van der Waals surface area contributed by atoms with Gasteiger partial charge in [-0.25, -0.2) is 0 Å². The number of hydrogen-bond donors (Lipinski definition) is 1. The van der Waals surface area contributed by atoms with Crippen molar-refractivity contribution >= 4 is 5.91 Å². The maximum absolute atomic E-state index is 11.8. The largest absolute Gasteiger partial charge is 0.470 e. The molecule has 0 bridgehead atoms. The molecule has 0 aromatic heterocycles. The lowest BCUT2D eigenvalue weighted by Gasteiger charge is -2.29. The average molecular weight is 205 g/mol. The molecule has 1 heterocycles. The molecule has 0 saturated carbocycles. The second kappa shape index (κ2) is 3.57. The van der Waals surface area contributed by atoms with Crippen LogP contribution in [0.5, 0.6) is 5.75 Å². The third kappa shape index (κ3) is 1.82. The molecule has 80 valence electrons. The van der Waals surface area contributed by atoms with Crippen LogP contribution in [0.1, 0.15) is 29.8 Å². The number of carbonyl (C=O) groups excluding carboxylic acids is 1. The van der Waals surface area contributed by atoms with Gasteiger partial charge < -0.3 is 10.1 Å². The highest BCUT2D eigenvalue weighted by Crippen LogP contribution is 2.25. The van der Waals surface area contributed by atoms with Gasteiger partial charge in [0.05, 0.1) is 5.56 Å². The topological polar surface area (TPSA) is 38.3 Å². The van der Waals surface area contributed by atoms with Crippen molar-refractivity contribution in [3.05, 3.63) is 29.3 Å². The zero-order chi connectivity index (χ0) is 11.0. The van der Waals surface area contributed by atoms with E-state index in [1.54, 1.807) is 0 Å². The Hall–Kier alpha value is -1.51. The summed E-state index contributed by atoms with van der Waals surface area (Å²) in [5.41, 5.74) is 1.70. The highest BCUT2D eigenvalue weighted by molar-refractivity contribution is 5.98. The second-order valence-electron chi connectivity index (χ2n) is 4.26. The van der Waals surface area contributed by atoms with Gasteiger partial charge in [-0.1, -0.05) is 25.5 Å². The first kappa shape index (κ1) is 10.0. The molecule has 1 aromatic carbocycles. The maximum Gasteiger partial charge on any atom is 0.257 e. The third-order valence-corrected chi connectivity index (χ3v) is 2.51. The van der Waals surface area contributed by atoms with Crippen LogP contribution >= 0.6 is 0 Å². The summed E-state index contributed by atoms with van der Waals surface area (Å²) in [6.07, 6.45) is -0.215. The molecule has 1 N–H and O–H groups in total. The molecule has 0 spiro atoms. The first-order chi connectivity index (χ1) is 7.08. The fourth-order valence-corrected chi connectivity index (χ4v) is 1.60. The van der Waals surface area contributed by atoms with E-state index in [9.17, 15) is 4.79 Å². The molecule has 0 unspecified atom stereocenters. The van der Waals surface area contributed by atoms with E-state index in [4.69, 9.17) is 4.74 Å². The minimum absolute atomic E-state index is 0.0429. The Labute approximate surface area is 89.4 Å². The lowest BCUT2D eigenvalue weighted by atomic mass is 10.1. The monoisotopic (exact) mass is 205 g/mol. The molecule has 3 nitrogen and oxygen atoms in total. The summed E-state index contributed by atoms with van der Waals surface area (Å²) in [6, 6.07) is 5.66. The van der Waals surface area contributed by atoms with Crippen LogP contribution in [-0.4, -0.2) is 12.1 Å². The van der Waals surface area contributed by atoms with E-state index >= 15 is 0 Å². The van der Waals surface area contributed by atoms with Crippen molar-refractivity contribution in [2.75, 3.05) is 0 Å². The Bertz CT molecular complexity index is 399. The first-order valence-electron chi connectivity index (χ1n) is 5.16. The van der Waals surface area contributed by atoms with Gasteiger partial charge in [-0.2, -0.15) is 0 Å². The van der Waals surface area contributed by atoms with Crippen molar-refractivity contribution in [1.29, 1.82) is 0 Å². The number of benzene rings is 1. The number of fused-ring (bicyclic) bond motifs is 1. The average Bonchev–Trinajstić information content (AvgIpc) is 2.18. The molecular formula is C12H15NO2. The fraction of sp³-hybridized carbons (Fsp3) is 0.417. The lowest BCUT2D eigenvalue weighted by Crippen LogP contribution is -2.46. The Morgan fingerprint density at radius 1 is 1.40 bits per heavy atom. The van der Waals surface area contributed by atoms with Crippen LogP contribution in [0, 0.1) is 12.8 Å². The molecule has 0 saturated heterocycles. The molecule has 1 aliphatic rings. The van der Waals surface area contributed by atoms with Gasteiger partial charge in [0.15, 0.2) is 6.23 Å². The van der Waals surface area contributed by atoms with Gasteiger partial charge in [-0.3, -0.25) is 4.79 Å². The van der Waals surface area contributed by atoms with Crippen LogP contribution in [0.3, 0.4) is 0 Å². The minimum atomic E-state index is -0.215. The summed E-state index contributed by atoms with van der Waals surface area (Å²) in [6.45, 7) is 6.00. The van der Waals surface area contributed by atoms with Crippen LogP contribution in [0.4, 0.5) is 0 Å². The van der Waals surface area contributed by atoms with E-state index < -0.39 is 0 Å². The van der Waals surface area contributed by atoms with Crippen LogP contribution in [0.15, 0.2) is 18.2 Å². The molecule has 0 aliphatic carbocycles. The van der Waals surface area contributed by atoms with Crippen molar-refractivity contribution < 1.29 is 9.53 Å². The summed E-state index contributed by atoms with van der Waals surface area (Å²) in [5, 5.41) is 2.84.